The summed E-state index contributed by atoms with van der Waals surface area (Å²) < 4.78 is 28.5. The molecule has 0 aromatic heterocycles. The molecule has 2 atom stereocenters. The van der Waals surface area contributed by atoms with Crippen molar-refractivity contribution in [3.63, 3.8) is 0 Å². The van der Waals surface area contributed by atoms with Crippen molar-refractivity contribution in [2.75, 3.05) is 13.2 Å². The Morgan fingerprint density at radius 1 is 1.26 bits per heavy atom. The van der Waals surface area contributed by atoms with Crippen molar-refractivity contribution in [1.29, 1.82) is 0 Å². The Morgan fingerprint density at radius 2 is 2.00 bits per heavy atom. The molecule has 1 aromatic rings. The molecule has 19 heavy (non-hydrogen) atoms. The van der Waals surface area contributed by atoms with Crippen molar-refractivity contribution in [3.05, 3.63) is 33.8 Å². The van der Waals surface area contributed by atoms with Gasteiger partial charge in [0.1, 0.15) is 0 Å². The van der Waals surface area contributed by atoms with Crippen LogP contribution in [0.5, 0.6) is 0 Å². The maximum atomic E-state index is 11.6. The van der Waals surface area contributed by atoms with Gasteiger partial charge in [-0.15, -0.1) is 0 Å². The number of hydrogen-bond donors (Lipinski definition) is 0. The van der Waals surface area contributed by atoms with Crippen LogP contribution < -0.4 is 0 Å². The molecular formula is C12H13Cl3O3S. The lowest BCUT2D eigenvalue weighted by molar-refractivity contribution is 0.0577. The van der Waals surface area contributed by atoms with Gasteiger partial charge in [0, 0.05) is 23.2 Å². The Morgan fingerprint density at radius 3 is 2.63 bits per heavy atom. The fraction of sp³-hybridized carbons (Fsp3) is 0.500. The van der Waals surface area contributed by atoms with Crippen molar-refractivity contribution in [3.8, 4) is 0 Å². The molecule has 0 bridgehead atoms. The van der Waals surface area contributed by atoms with Gasteiger partial charge in [-0.1, -0.05) is 29.3 Å². The highest BCUT2D eigenvalue weighted by molar-refractivity contribution is 8.14. The third-order valence-corrected chi connectivity index (χ3v) is 6.02. The van der Waals surface area contributed by atoms with Gasteiger partial charge in [-0.05, 0) is 30.5 Å². The average molecular weight is 344 g/mol. The predicted molar refractivity (Wildman–Crippen MR) is 77.7 cm³/mol. The monoisotopic (exact) mass is 342 g/mol. The number of halogens is 3. The second-order valence-corrected chi connectivity index (χ2v) is 8.25. The number of ether oxygens (including phenoxy) is 1. The van der Waals surface area contributed by atoms with Crippen LogP contribution in [0.1, 0.15) is 12.0 Å². The van der Waals surface area contributed by atoms with E-state index in [2.05, 4.69) is 0 Å². The highest BCUT2D eigenvalue weighted by Crippen LogP contribution is 2.29. The fourth-order valence-corrected chi connectivity index (χ4v) is 4.34. The minimum Gasteiger partial charge on any atom is -0.381 e. The number of hydrogen-bond acceptors (Lipinski definition) is 3. The molecule has 1 aliphatic heterocycles. The van der Waals surface area contributed by atoms with Crippen molar-refractivity contribution in [1.82, 2.24) is 0 Å². The van der Waals surface area contributed by atoms with Crippen LogP contribution >= 0.6 is 33.9 Å². The largest absolute Gasteiger partial charge is 0.381 e. The van der Waals surface area contributed by atoms with Crippen LogP contribution in [0, 0.1) is 5.92 Å². The molecule has 7 heteroatoms. The molecule has 1 heterocycles. The van der Waals surface area contributed by atoms with E-state index in [1.165, 1.54) is 0 Å². The van der Waals surface area contributed by atoms with E-state index in [9.17, 15) is 8.42 Å². The highest BCUT2D eigenvalue weighted by Gasteiger charge is 2.35. The number of benzene rings is 1. The Balaban J connectivity index is 2.17. The Kier molecular flexibility index (Phi) is 5.01. The number of rotatable bonds is 3. The van der Waals surface area contributed by atoms with E-state index in [0.29, 0.717) is 36.1 Å². The Labute approximate surface area is 127 Å². The molecule has 106 valence electrons. The molecule has 2 rings (SSSR count). The van der Waals surface area contributed by atoms with E-state index in [-0.39, 0.29) is 5.92 Å². The first kappa shape index (κ1) is 15.4. The summed E-state index contributed by atoms with van der Waals surface area (Å²) in [4.78, 5) is 0. The van der Waals surface area contributed by atoms with E-state index in [0.717, 1.165) is 5.56 Å². The third kappa shape index (κ3) is 3.99. The van der Waals surface area contributed by atoms with E-state index >= 15 is 0 Å². The first-order valence-corrected chi connectivity index (χ1v) is 8.96. The topological polar surface area (TPSA) is 43.4 Å². The second kappa shape index (κ2) is 6.19. The van der Waals surface area contributed by atoms with Crippen molar-refractivity contribution >= 4 is 42.9 Å². The zero-order valence-electron chi connectivity index (χ0n) is 9.98. The van der Waals surface area contributed by atoms with Gasteiger partial charge in [0.2, 0.25) is 9.05 Å². The summed E-state index contributed by atoms with van der Waals surface area (Å²) in [6.45, 7) is 0.811. The summed E-state index contributed by atoms with van der Waals surface area (Å²) >= 11 is 11.8. The zero-order valence-corrected chi connectivity index (χ0v) is 13.1. The van der Waals surface area contributed by atoms with Gasteiger partial charge in [-0.3, -0.25) is 0 Å². The first-order valence-electron chi connectivity index (χ1n) is 5.83. The van der Waals surface area contributed by atoms with Gasteiger partial charge in [-0.2, -0.15) is 0 Å². The summed E-state index contributed by atoms with van der Waals surface area (Å²) in [6, 6.07) is 5.28. The van der Waals surface area contributed by atoms with Crippen molar-refractivity contribution in [2.45, 2.75) is 18.1 Å². The Hall–Kier alpha value is -0.000000000000000111. The van der Waals surface area contributed by atoms with Gasteiger partial charge in [0.05, 0.1) is 21.9 Å². The van der Waals surface area contributed by atoms with Crippen molar-refractivity contribution in [2.24, 2.45) is 5.92 Å². The van der Waals surface area contributed by atoms with Crippen LogP contribution in [0.4, 0.5) is 0 Å². The quantitative estimate of drug-likeness (QED) is 0.789. The summed E-state index contributed by atoms with van der Waals surface area (Å²) in [5.74, 6) is -0.159. The van der Waals surface area contributed by atoms with Gasteiger partial charge in [0.25, 0.3) is 0 Å². The molecule has 0 N–H and O–H groups in total. The molecule has 0 radical (unpaired) electrons. The first-order chi connectivity index (χ1) is 8.88. The van der Waals surface area contributed by atoms with E-state index in [1.807, 2.05) is 6.07 Å². The summed E-state index contributed by atoms with van der Waals surface area (Å²) in [5, 5.41) is 0.366. The summed E-state index contributed by atoms with van der Waals surface area (Å²) in [7, 11) is 1.92. The molecule has 0 amide bonds. The van der Waals surface area contributed by atoms with E-state index in [4.69, 9.17) is 38.6 Å². The molecule has 0 spiro atoms. The predicted octanol–water partition coefficient (Wildman–Crippen LogP) is 3.51. The van der Waals surface area contributed by atoms with Crippen molar-refractivity contribution < 1.29 is 13.2 Å². The average Bonchev–Trinajstić information content (AvgIpc) is 2.33. The standard InChI is InChI=1S/C12H13Cl3O3S/c13-10-2-1-8(6-11(10)14)5-9-7-18-4-3-12(9)19(15,16)17/h1-2,6,9,12H,3-5,7H2/t9-,12-/m1/s1. The van der Waals surface area contributed by atoms with Crippen LogP contribution in [0.2, 0.25) is 10.0 Å². The molecular weight excluding hydrogens is 331 g/mol. The maximum absolute atomic E-state index is 11.6. The fourth-order valence-electron chi connectivity index (χ4n) is 2.31. The zero-order chi connectivity index (χ0) is 14.0. The molecule has 0 aliphatic carbocycles. The molecule has 1 aromatic carbocycles. The minimum absolute atomic E-state index is 0.159. The van der Waals surface area contributed by atoms with Crippen LogP contribution in [0.3, 0.4) is 0 Å². The Bertz CT molecular complexity index is 559. The molecule has 3 nitrogen and oxygen atoms in total. The minimum atomic E-state index is -3.58. The lowest BCUT2D eigenvalue weighted by Gasteiger charge is -2.29. The molecule has 0 saturated carbocycles. The third-order valence-electron chi connectivity index (χ3n) is 3.25. The van der Waals surface area contributed by atoms with Gasteiger partial charge >= 0.3 is 0 Å². The molecule has 0 unspecified atom stereocenters. The summed E-state index contributed by atoms with van der Waals surface area (Å²) in [5.41, 5.74) is 0.926. The van der Waals surface area contributed by atoms with E-state index < -0.39 is 14.3 Å². The maximum Gasteiger partial charge on any atom is 0.235 e. The van der Waals surface area contributed by atoms with Gasteiger partial charge in [0.15, 0.2) is 0 Å². The lowest BCUT2D eigenvalue weighted by Crippen LogP contribution is -2.37. The van der Waals surface area contributed by atoms with Crippen LogP contribution in [-0.2, 0) is 20.2 Å². The second-order valence-electron chi connectivity index (χ2n) is 4.59. The smallest absolute Gasteiger partial charge is 0.235 e. The molecule has 1 aliphatic rings. The van der Waals surface area contributed by atoms with Crippen LogP contribution in [0.15, 0.2) is 18.2 Å². The van der Waals surface area contributed by atoms with Crippen LogP contribution in [-0.4, -0.2) is 26.9 Å². The summed E-state index contributed by atoms with van der Waals surface area (Å²) in [6.07, 6.45) is 0.978. The molecule has 1 fully saturated rings. The van der Waals surface area contributed by atoms with Gasteiger partial charge in [-0.25, -0.2) is 8.42 Å². The SMILES string of the molecule is O=S(=O)(Cl)[C@@H]1CCOC[C@H]1Cc1ccc(Cl)c(Cl)c1. The lowest BCUT2D eigenvalue weighted by atomic mass is 9.94. The normalized spacial score (nSPS) is 24.4. The van der Waals surface area contributed by atoms with Crippen LogP contribution in [0.25, 0.3) is 0 Å². The highest BCUT2D eigenvalue weighted by atomic mass is 35.7. The van der Waals surface area contributed by atoms with Gasteiger partial charge < -0.3 is 4.74 Å². The molecule has 1 saturated heterocycles. The van der Waals surface area contributed by atoms with E-state index in [1.54, 1.807) is 12.1 Å².